The first-order valence-corrected chi connectivity index (χ1v) is 7.17. The molecule has 2 heterocycles. The number of benzene rings is 1. The van der Waals surface area contributed by atoms with Gasteiger partial charge in [-0.05, 0) is 17.6 Å². The van der Waals surface area contributed by atoms with Crippen molar-refractivity contribution in [2.45, 2.75) is 18.9 Å². The Kier molecular flexibility index (Phi) is 3.91. The Morgan fingerprint density at radius 3 is 3.10 bits per heavy atom. The molecule has 2 aliphatic rings. The van der Waals surface area contributed by atoms with Crippen LogP contribution in [0.3, 0.4) is 0 Å². The molecule has 0 radical (unpaired) electrons. The Balaban J connectivity index is 2.10. The highest BCUT2D eigenvalue weighted by molar-refractivity contribution is 5.62. The van der Waals surface area contributed by atoms with E-state index in [4.69, 9.17) is 19.3 Å². The van der Waals surface area contributed by atoms with Crippen molar-refractivity contribution >= 4 is 0 Å². The van der Waals surface area contributed by atoms with Crippen molar-refractivity contribution in [1.29, 1.82) is 0 Å². The van der Waals surface area contributed by atoms with Crippen LogP contribution in [0.1, 0.15) is 23.6 Å². The monoisotopic (exact) mass is 290 g/mol. The summed E-state index contributed by atoms with van der Waals surface area (Å²) in [6.45, 7) is 1.33. The van der Waals surface area contributed by atoms with Gasteiger partial charge in [-0.3, -0.25) is 0 Å². The molecule has 21 heavy (non-hydrogen) atoms. The van der Waals surface area contributed by atoms with E-state index in [9.17, 15) is 0 Å². The minimum Gasteiger partial charge on any atom is -0.492 e. The van der Waals surface area contributed by atoms with Crippen molar-refractivity contribution in [3.8, 4) is 29.1 Å². The summed E-state index contributed by atoms with van der Waals surface area (Å²) in [4.78, 5) is 1.32. The first-order chi connectivity index (χ1) is 10.3. The van der Waals surface area contributed by atoms with E-state index < -0.39 is 0 Å². The summed E-state index contributed by atoms with van der Waals surface area (Å²) in [5, 5.41) is 8.91. The van der Waals surface area contributed by atoms with Crippen LogP contribution >= 0.6 is 0 Å². The third-order valence-corrected chi connectivity index (χ3v) is 4.00. The maximum absolute atomic E-state index is 8.91. The summed E-state index contributed by atoms with van der Waals surface area (Å²) in [6, 6.07) is 2.08. The van der Waals surface area contributed by atoms with E-state index >= 15 is 0 Å². The molecule has 0 bridgehead atoms. The van der Waals surface area contributed by atoms with Gasteiger partial charge in [0, 0.05) is 12.8 Å². The molecule has 0 aliphatic carbocycles. The van der Waals surface area contributed by atoms with Crippen molar-refractivity contribution in [2.75, 3.05) is 34.1 Å². The molecule has 2 N–H and O–H groups in total. The number of likely N-dealkylation sites (N-methyl/N-ethyl adjacent to an activating group) is 1. The highest BCUT2D eigenvalue weighted by Crippen LogP contribution is 2.47. The van der Waals surface area contributed by atoms with Gasteiger partial charge < -0.3 is 24.2 Å². The zero-order valence-electron chi connectivity index (χ0n) is 12.4. The lowest BCUT2D eigenvalue weighted by Crippen LogP contribution is -3.10. The molecule has 112 valence electrons. The number of aliphatic hydroxyl groups is 1. The standard InChI is InChI=1S/C16H19NO4/c1-17-7-6-11-9-13-15(21-10-20-13)16(19-2)14(11)12(17)5-3-4-8-18/h9,12,18H,4,6-8,10H2,1-2H3/p+1. The SMILES string of the molecule is COc1c2c(cc3c1C(C#CCCO)[NH+](C)CC3)OCO2. The van der Waals surface area contributed by atoms with Gasteiger partial charge in [-0.1, -0.05) is 5.92 Å². The van der Waals surface area contributed by atoms with Crippen molar-refractivity contribution in [3.63, 3.8) is 0 Å². The molecule has 1 aromatic carbocycles. The third kappa shape index (κ3) is 2.41. The van der Waals surface area contributed by atoms with Gasteiger partial charge in [0.05, 0.1) is 32.9 Å². The first kappa shape index (κ1) is 14.1. The van der Waals surface area contributed by atoms with Crippen LogP contribution in [0.15, 0.2) is 6.07 Å². The maximum Gasteiger partial charge on any atom is 0.231 e. The number of methoxy groups -OCH3 is 1. The van der Waals surface area contributed by atoms with Crippen molar-refractivity contribution in [3.05, 3.63) is 17.2 Å². The molecule has 3 rings (SSSR count). The molecule has 2 aliphatic heterocycles. The van der Waals surface area contributed by atoms with Crippen LogP contribution in [-0.4, -0.2) is 39.2 Å². The second-order valence-electron chi connectivity index (χ2n) is 5.29. The van der Waals surface area contributed by atoms with Gasteiger partial charge in [-0.15, -0.1) is 0 Å². The molecule has 0 saturated carbocycles. The van der Waals surface area contributed by atoms with Crippen molar-refractivity contribution < 1.29 is 24.2 Å². The molecule has 2 atom stereocenters. The van der Waals surface area contributed by atoms with E-state index in [-0.39, 0.29) is 19.4 Å². The van der Waals surface area contributed by atoms with Crippen LogP contribution in [0.5, 0.6) is 17.2 Å². The second-order valence-corrected chi connectivity index (χ2v) is 5.29. The molecule has 2 unspecified atom stereocenters. The number of rotatable bonds is 2. The van der Waals surface area contributed by atoms with Gasteiger partial charge in [0.15, 0.2) is 17.5 Å². The lowest BCUT2D eigenvalue weighted by Gasteiger charge is -2.30. The topological polar surface area (TPSA) is 52.4 Å². The smallest absolute Gasteiger partial charge is 0.231 e. The number of nitrogens with one attached hydrogen (secondary N) is 1. The van der Waals surface area contributed by atoms with Gasteiger partial charge in [0.2, 0.25) is 12.5 Å². The summed E-state index contributed by atoms with van der Waals surface area (Å²) in [7, 11) is 3.78. The first-order valence-electron chi connectivity index (χ1n) is 7.17. The molecule has 0 spiro atoms. The second kappa shape index (κ2) is 5.84. The van der Waals surface area contributed by atoms with Crippen LogP contribution in [-0.2, 0) is 6.42 Å². The number of aliphatic hydroxyl groups excluding tert-OH is 1. The quantitative estimate of drug-likeness (QED) is 0.748. The molecular weight excluding hydrogens is 270 g/mol. The van der Waals surface area contributed by atoms with E-state index in [1.807, 2.05) is 6.07 Å². The number of hydrogen-bond donors (Lipinski definition) is 2. The zero-order chi connectivity index (χ0) is 14.8. The number of fused-ring (bicyclic) bond motifs is 2. The zero-order valence-corrected chi connectivity index (χ0v) is 12.4. The molecular formula is C16H20NO4+. The molecule has 0 fully saturated rings. The summed E-state index contributed by atoms with van der Waals surface area (Å²) in [5.41, 5.74) is 2.31. The summed E-state index contributed by atoms with van der Waals surface area (Å²) >= 11 is 0. The Labute approximate surface area is 124 Å². The van der Waals surface area contributed by atoms with Gasteiger partial charge in [-0.25, -0.2) is 0 Å². The van der Waals surface area contributed by atoms with E-state index in [1.165, 1.54) is 10.5 Å². The van der Waals surface area contributed by atoms with Crippen molar-refractivity contribution in [2.24, 2.45) is 0 Å². The number of ether oxygens (including phenoxy) is 3. The van der Waals surface area contributed by atoms with Gasteiger partial charge >= 0.3 is 0 Å². The highest BCUT2D eigenvalue weighted by Gasteiger charge is 2.35. The molecule has 5 heteroatoms. The van der Waals surface area contributed by atoms with E-state index in [0.717, 1.165) is 30.0 Å². The lowest BCUT2D eigenvalue weighted by molar-refractivity contribution is -0.905. The third-order valence-electron chi connectivity index (χ3n) is 4.00. The van der Waals surface area contributed by atoms with Crippen LogP contribution in [0.2, 0.25) is 0 Å². The fraction of sp³-hybridized carbons (Fsp3) is 0.500. The summed E-state index contributed by atoms with van der Waals surface area (Å²) in [5.74, 6) is 8.49. The minimum absolute atomic E-state index is 0.0322. The molecule has 0 amide bonds. The largest absolute Gasteiger partial charge is 0.492 e. The Morgan fingerprint density at radius 1 is 1.48 bits per heavy atom. The molecule has 0 aromatic heterocycles. The predicted molar refractivity (Wildman–Crippen MR) is 76.8 cm³/mol. The van der Waals surface area contributed by atoms with E-state index in [0.29, 0.717) is 12.2 Å². The predicted octanol–water partition coefficient (Wildman–Crippen LogP) is -0.0784. The van der Waals surface area contributed by atoms with Gasteiger partial charge in [0.1, 0.15) is 0 Å². The number of hydrogen-bond acceptors (Lipinski definition) is 4. The maximum atomic E-state index is 8.91. The Hall–Kier alpha value is -1.90. The summed E-state index contributed by atoms with van der Waals surface area (Å²) < 4.78 is 16.6. The Bertz CT molecular complexity index is 603. The van der Waals surface area contributed by atoms with Crippen LogP contribution < -0.4 is 19.1 Å². The Morgan fingerprint density at radius 2 is 2.33 bits per heavy atom. The summed E-state index contributed by atoms with van der Waals surface area (Å²) in [6.07, 6.45) is 1.46. The lowest BCUT2D eigenvalue weighted by atomic mass is 9.91. The van der Waals surface area contributed by atoms with Crippen LogP contribution in [0, 0.1) is 11.8 Å². The average molecular weight is 290 g/mol. The van der Waals surface area contributed by atoms with Crippen LogP contribution in [0.4, 0.5) is 0 Å². The average Bonchev–Trinajstić information content (AvgIpc) is 2.95. The van der Waals surface area contributed by atoms with E-state index in [2.05, 4.69) is 18.9 Å². The van der Waals surface area contributed by atoms with Gasteiger partial charge in [0.25, 0.3) is 0 Å². The fourth-order valence-electron chi connectivity index (χ4n) is 2.95. The fourth-order valence-corrected chi connectivity index (χ4v) is 2.95. The molecule has 0 saturated heterocycles. The van der Waals surface area contributed by atoms with Gasteiger partial charge in [-0.2, -0.15) is 0 Å². The minimum atomic E-state index is 0.0322. The molecule has 5 nitrogen and oxygen atoms in total. The van der Waals surface area contributed by atoms with E-state index in [1.54, 1.807) is 7.11 Å². The van der Waals surface area contributed by atoms with Crippen LogP contribution in [0.25, 0.3) is 0 Å². The van der Waals surface area contributed by atoms with Crippen molar-refractivity contribution in [1.82, 2.24) is 0 Å². The number of quaternary nitrogens is 1. The highest BCUT2D eigenvalue weighted by atomic mass is 16.7. The normalized spacial score (nSPS) is 22.2. The molecule has 1 aromatic rings.